The highest BCUT2D eigenvalue weighted by molar-refractivity contribution is 5.56. The zero-order valence-electron chi connectivity index (χ0n) is 9.58. The van der Waals surface area contributed by atoms with E-state index in [1.165, 1.54) is 6.26 Å². The average Bonchev–Trinajstić information content (AvgIpc) is 2.88. The fourth-order valence-corrected chi connectivity index (χ4v) is 1.34. The molecule has 2 heterocycles. The Labute approximate surface area is 102 Å². The molecule has 0 fully saturated rings. The lowest BCUT2D eigenvalue weighted by molar-refractivity contribution is -0.384. The maximum Gasteiger partial charge on any atom is 0.329 e. The van der Waals surface area contributed by atoms with Crippen molar-refractivity contribution in [3.63, 3.8) is 0 Å². The number of anilines is 2. The first-order valence-electron chi connectivity index (χ1n) is 5.16. The molecular weight excluding hydrogens is 238 g/mol. The van der Waals surface area contributed by atoms with Crippen LogP contribution in [-0.4, -0.2) is 21.9 Å². The van der Waals surface area contributed by atoms with E-state index in [0.717, 1.165) is 6.20 Å². The lowest BCUT2D eigenvalue weighted by atomic mass is 10.4. The number of hydrogen-bond acceptors (Lipinski definition) is 7. The van der Waals surface area contributed by atoms with Crippen molar-refractivity contribution in [2.45, 2.75) is 6.54 Å². The quantitative estimate of drug-likeness (QED) is 0.612. The van der Waals surface area contributed by atoms with Crippen molar-refractivity contribution in [3.8, 4) is 0 Å². The number of furan rings is 1. The van der Waals surface area contributed by atoms with Crippen LogP contribution in [0.4, 0.5) is 17.5 Å². The molecule has 0 saturated heterocycles. The first-order chi connectivity index (χ1) is 8.70. The third-order valence-electron chi connectivity index (χ3n) is 2.20. The van der Waals surface area contributed by atoms with Crippen molar-refractivity contribution < 1.29 is 9.34 Å². The Morgan fingerprint density at radius 3 is 3.00 bits per heavy atom. The van der Waals surface area contributed by atoms with Crippen LogP contribution in [0, 0.1) is 10.1 Å². The summed E-state index contributed by atoms with van der Waals surface area (Å²) in [7, 11) is 1.64. The largest absolute Gasteiger partial charge is 0.467 e. The van der Waals surface area contributed by atoms with Crippen LogP contribution in [0.2, 0.25) is 0 Å². The molecule has 0 saturated carbocycles. The lowest BCUT2D eigenvalue weighted by Gasteiger charge is -2.05. The van der Waals surface area contributed by atoms with Crippen LogP contribution in [0.1, 0.15) is 5.76 Å². The van der Waals surface area contributed by atoms with Gasteiger partial charge in [-0.2, -0.15) is 4.98 Å². The van der Waals surface area contributed by atoms with E-state index in [0.29, 0.717) is 18.3 Å². The number of hydrogen-bond donors (Lipinski definition) is 2. The molecule has 0 aromatic carbocycles. The van der Waals surface area contributed by atoms with Gasteiger partial charge in [-0.3, -0.25) is 10.1 Å². The number of rotatable bonds is 5. The SMILES string of the molecule is CNc1ncc([N+](=O)[O-])c(NCc2ccco2)n1. The first-order valence-corrected chi connectivity index (χ1v) is 5.16. The molecule has 18 heavy (non-hydrogen) atoms. The molecule has 0 aliphatic carbocycles. The maximum atomic E-state index is 10.8. The summed E-state index contributed by atoms with van der Waals surface area (Å²) in [5, 5.41) is 16.4. The van der Waals surface area contributed by atoms with Crippen molar-refractivity contribution in [2.75, 3.05) is 17.7 Å². The number of nitrogens with zero attached hydrogens (tertiary/aromatic N) is 3. The standard InChI is InChI=1S/C10H11N5O3/c1-11-10-13-6-8(15(16)17)9(14-10)12-5-7-3-2-4-18-7/h2-4,6H,5H2,1H3,(H2,11,12,13,14). The third kappa shape index (κ3) is 2.54. The normalized spacial score (nSPS) is 10.1. The van der Waals surface area contributed by atoms with E-state index < -0.39 is 4.92 Å². The summed E-state index contributed by atoms with van der Waals surface area (Å²) in [4.78, 5) is 18.1. The van der Waals surface area contributed by atoms with Gasteiger partial charge in [0.1, 0.15) is 12.0 Å². The fraction of sp³-hybridized carbons (Fsp3) is 0.200. The molecule has 0 bridgehead atoms. The summed E-state index contributed by atoms with van der Waals surface area (Å²) < 4.78 is 5.12. The average molecular weight is 249 g/mol. The topological polar surface area (TPSA) is 106 Å². The van der Waals surface area contributed by atoms with Crippen molar-refractivity contribution in [1.82, 2.24) is 9.97 Å². The van der Waals surface area contributed by atoms with Crippen molar-refractivity contribution >= 4 is 17.5 Å². The molecule has 0 spiro atoms. The van der Waals surface area contributed by atoms with Crippen LogP contribution in [0.5, 0.6) is 0 Å². The zero-order valence-corrected chi connectivity index (χ0v) is 9.58. The Balaban J connectivity index is 2.20. The van der Waals surface area contributed by atoms with E-state index in [-0.39, 0.29) is 11.5 Å². The van der Waals surface area contributed by atoms with Gasteiger partial charge in [-0.25, -0.2) is 4.98 Å². The van der Waals surface area contributed by atoms with Gasteiger partial charge in [0.15, 0.2) is 0 Å². The van der Waals surface area contributed by atoms with Gasteiger partial charge in [-0.15, -0.1) is 0 Å². The molecule has 0 unspecified atom stereocenters. The van der Waals surface area contributed by atoms with Crippen LogP contribution >= 0.6 is 0 Å². The molecule has 8 nitrogen and oxygen atoms in total. The highest BCUT2D eigenvalue weighted by atomic mass is 16.6. The Kier molecular flexibility index (Phi) is 3.37. The van der Waals surface area contributed by atoms with Gasteiger partial charge in [0.25, 0.3) is 0 Å². The smallest absolute Gasteiger partial charge is 0.329 e. The number of aromatic nitrogens is 2. The summed E-state index contributed by atoms with van der Waals surface area (Å²) in [5.74, 6) is 1.12. The molecular formula is C10H11N5O3. The monoisotopic (exact) mass is 249 g/mol. The molecule has 8 heteroatoms. The highest BCUT2D eigenvalue weighted by Crippen LogP contribution is 2.22. The van der Waals surface area contributed by atoms with Gasteiger partial charge in [-0.1, -0.05) is 0 Å². The Hall–Kier alpha value is -2.64. The molecule has 2 aromatic rings. The molecule has 0 aliphatic rings. The summed E-state index contributed by atoms with van der Waals surface area (Å²) in [6.45, 7) is 0.313. The van der Waals surface area contributed by atoms with E-state index >= 15 is 0 Å². The zero-order chi connectivity index (χ0) is 13.0. The molecule has 0 atom stereocenters. The third-order valence-corrected chi connectivity index (χ3v) is 2.20. The van der Waals surface area contributed by atoms with Crippen molar-refractivity contribution in [1.29, 1.82) is 0 Å². The molecule has 2 N–H and O–H groups in total. The fourth-order valence-electron chi connectivity index (χ4n) is 1.34. The van der Waals surface area contributed by atoms with E-state index in [9.17, 15) is 10.1 Å². The second-order valence-corrected chi connectivity index (χ2v) is 3.37. The van der Waals surface area contributed by atoms with Gasteiger partial charge in [-0.05, 0) is 12.1 Å². The minimum atomic E-state index is -0.538. The predicted octanol–water partition coefficient (Wildman–Crippen LogP) is 1.63. The predicted molar refractivity (Wildman–Crippen MR) is 64.3 cm³/mol. The first kappa shape index (κ1) is 11.8. The van der Waals surface area contributed by atoms with E-state index in [1.807, 2.05) is 0 Å². The Bertz CT molecular complexity index is 540. The summed E-state index contributed by atoms with van der Waals surface area (Å²) in [6, 6.07) is 3.50. The van der Waals surface area contributed by atoms with Crippen LogP contribution in [0.15, 0.2) is 29.0 Å². The minimum Gasteiger partial charge on any atom is -0.467 e. The van der Waals surface area contributed by atoms with E-state index in [1.54, 1.807) is 19.2 Å². The van der Waals surface area contributed by atoms with Gasteiger partial charge in [0, 0.05) is 7.05 Å². The molecule has 0 amide bonds. The van der Waals surface area contributed by atoms with Crippen molar-refractivity contribution in [2.24, 2.45) is 0 Å². The van der Waals surface area contributed by atoms with Crippen LogP contribution < -0.4 is 10.6 Å². The van der Waals surface area contributed by atoms with Gasteiger partial charge in [0.2, 0.25) is 11.8 Å². The molecule has 94 valence electrons. The molecule has 2 rings (SSSR count). The minimum absolute atomic E-state index is 0.149. The van der Waals surface area contributed by atoms with Gasteiger partial charge < -0.3 is 15.1 Å². The van der Waals surface area contributed by atoms with Gasteiger partial charge >= 0.3 is 5.69 Å². The lowest BCUT2D eigenvalue weighted by Crippen LogP contribution is -2.07. The maximum absolute atomic E-state index is 10.8. The summed E-state index contributed by atoms with van der Waals surface area (Å²) in [6.07, 6.45) is 2.69. The van der Waals surface area contributed by atoms with E-state index in [4.69, 9.17) is 4.42 Å². The van der Waals surface area contributed by atoms with Crippen LogP contribution in [-0.2, 0) is 6.54 Å². The molecule has 0 aliphatic heterocycles. The van der Waals surface area contributed by atoms with Crippen LogP contribution in [0.3, 0.4) is 0 Å². The number of nitro groups is 1. The summed E-state index contributed by atoms with van der Waals surface area (Å²) in [5.41, 5.74) is -0.180. The summed E-state index contributed by atoms with van der Waals surface area (Å²) >= 11 is 0. The highest BCUT2D eigenvalue weighted by Gasteiger charge is 2.16. The second-order valence-electron chi connectivity index (χ2n) is 3.37. The molecule has 0 radical (unpaired) electrons. The van der Waals surface area contributed by atoms with Crippen LogP contribution in [0.25, 0.3) is 0 Å². The Morgan fingerprint density at radius 2 is 2.39 bits per heavy atom. The van der Waals surface area contributed by atoms with Gasteiger partial charge in [0.05, 0.1) is 17.7 Å². The Morgan fingerprint density at radius 1 is 1.56 bits per heavy atom. The molecule has 2 aromatic heterocycles. The van der Waals surface area contributed by atoms with E-state index in [2.05, 4.69) is 20.6 Å². The second kappa shape index (κ2) is 5.13. The number of nitrogens with one attached hydrogen (secondary N) is 2. The van der Waals surface area contributed by atoms with Crippen molar-refractivity contribution in [3.05, 3.63) is 40.5 Å².